The molecule has 0 aliphatic heterocycles. The van der Waals surface area contributed by atoms with Gasteiger partial charge in [0.05, 0.1) is 32.1 Å². The van der Waals surface area contributed by atoms with E-state index in [0.717, 1.165) is 12.1 Å². The minimum absolute atomic E-state index is 0.0261. The maximum Gasteiger partial charge on any atom is 0.416 e. The highest BCUT2D eigenvalue weighted by Gasteiger charge is 2.30. The maximum absolute atomic E-state index is 13.3. The summed E-state index contributed by atoms with van der Waals surface area (Å²) in [6.45, 7) is -1.32. The van der Waals surface area contributed by atoms with Crippen LogP contribution in [0.15, 0.2) is 65.5 Å². The van der Waals surface area contributed by atoms with E-state index in [-0.39, 0.29) is 29.8 Å². The van der Waals surface area contributed by atoms with Crippen LogP contribution in [0.2, 0.25) is 0 Å². The fraction of sp³-hybridized carbons (Fsp3) is 0.240. The summed E-state index contributed by atoms with van der Waals surface area (Å²) >= 11 is 1.34. The molecular weight excluding hydrogens is 546 g/mol. The van der Waals surface area contributed by atoms with E-state index in [2.05, 4.69) is 4.52 Å². The van der Waals surface area contributed by atoms with Crippen LogP contribution in [-0.4, -0.2) is 23.9 Å². The summed E-state index contributed by atoms with van der Waals surface area (Å²) in [7, 11) is -5.26. The topological polar surface area (TPSA) is 145 Å². The number of fused-ring (bicyclic) bond motifs is 2. The number of aliphatic hydroxyl groups is 1. The summed E-state index contributed by atoms with van der Waals surface area (Å²) in [6.07, 6.45) is -4.21. The Balaban J connectivity index is 1.60. The lowest BCUT2D eigenvalue weighted by Crippen LogP contribution is -2.49. The molecule has 3 N–H and O–H groups in total. The molecule has 1 unspecified atom stereocenters. The Morgan fingerprint density at radius 2 is 1.63 bits per heavy atom. The molecule has 0 radical (unpaired) electrons. The van der Waals surface area contributed by atoms with E-state index in [1.807, 2.05) is 0 Å². The molecule has 4 aromatic rings. The minimum Gasteiger partial charge on any atom is -0.790 e. The molecule has 0 aliphatic carbocycles. The van der Waals surface area contributed by atoms with Crippen LogP contribution in [0.1, 0.15) is 17.5 Å². The van der Waals surface area contributed by atoms with Gasteiger partial charge in [0.15, 0.2) is 5.43 Å². The average molecular weight is 567 g/mol. The lowest BCUT2D eigenvalue weighted by atomic mass is 9.93. The summed E-state index contributed by atoms with van der Waals surface area (Å²) in [5.74, 6) is 0.170. The number of nitrogens with two attached hydrogens (primary N) is 1. The minimum atomic E-state index is -5.26. The van der Waals surface area contributed by atoms with Gasteiger partial charge in [-0.25, -0.2) is 0 Å². The van der Waals surface area contributed by atoms with Crippen molar-refractivity contribution in [1.29, 1.82) is 0 Å². The molecule has 0 aliphatic rings. The van der Waals surface area contributed by atoms with E-state index in [4.69, 9.17) is 10.5 Å². The fourth-order valence-corrected chi connectivity index (χ4v) is 5.22. The maximum atomic E-state index is 13.3. The molecule has 202 valence electrons. The van der Waals surface area contributed by atoms with E-state index in [9.17, 15) is 37.4 Å². The molecule has 1 atom stereocenters. The van der Waals surface area contributed by atoms with Gasteiger partial charge in [0.1, 0.15) is 11.5 Å². The molecule has 0 amide bonds. The van der Waals surface area contributed by atoms with E-state index < -0.39 is 38.3 Å². The number of halogens is 3. The summed E-state index contributed by atoms with van der Waals surface area (Å²) in [6, 6.07) is 14.3. The first-order valence-electron chi connectivity index (χ1n) is 11.2. The highest BCUT2D eigenvalue weighted by Crippen LogP contribution is 2.34. The predicted molar refractivity (Wildman–Crippen MR) is 133 cm³/mol. The molecule has 1 aromatic heterocycles. The molecule has 0 fully saturated rings. The number of alkyl halides is 3. The number of ether oxygens (including phenoxy) is 1. The first-order valence-corrected chi connectivity index (χ1v) is 13.5. The van der Waals surface area contributed by atoms with Gasteiger partial charge in [-0.05, 0) is 66.9 Å². The van der Waals surface area contributed by atoms with Crippen LogP contribution >= 0.6 is 19.2 Å². The highest BCUT2D eigenvalue weighted by atomic mass is 32.1. The normalized spacial score (nSPS) is 14.1. The van der Waals surface area contributed by atoms with Gasteiger partial charge in [0.25, 0.3) is 0 Å². The second-order valence-electron chi connectivity index (χ2n) is 8.79. The fourth-order valence-electron chi connectivity index (χ4n) is 3.77. The van der Waals surface area contributed by atoms with Gasteiger partial charge in [-0.15, -0.1) is 11.3 Å². The van der Waals surface area contributed by atoms with Crippen LogP contribution in [0.4, 0.5) is 13.2 Å². The third kappa shape index (κ3) is 6.78. The van der Waals surface area contributed by atoms with Crippen molar-refractivity contribution in [2.75, 3.05) is 13.2 Å². The van der Waals surface area contributed by atoms with Crippen LogP contribution in [0.5, 0.6) is 11.5 Å². The monoisotopic (exact) mass is 567 g/mol. The van der Waals surface area contributed by atoms with Crippen molar-refractivity contribution in [3.8, 4) is 11.5 Å². The van der Waals surface area contributed by atoms with Gasteiger partial charge < -0.3 is 34.5 Å². The Kier molecular flexibility index (Phi) is 7.96. The lowest BCUT2D eigenvalue weighted by Gasteiger charge is -2.34. The van der Waals surface area contributed by atoms with E-state index in [0.29, 0.717) is 25.7 Å². The summed E-state index contributed by atoms with van der Waals surface area (Å²) < 4.78 is 61.0. The number of hydrogen-bond donors (Lipinski definition) is 2. The van der Waals surface area contributed by atoms with Gasteiger partial charge >= 0.3 is 6.18 Å². The van der Waals surface area contributed by atoms with Crippen molar-refractivity contribution >= 4 is 39.3 Å². The van der Waals surface area contributed by atoms with E-state index in [1.165, 1.54) is 29.5 Å². The SMILES string of the molecule is NC(CO)(CCc1ccc2sc3ccc(Oc4cccc(C(F)(F)F)c4)cc3c(=O)c2c1)COP(=O)([O-])[O-]. The molecule has 8 nitrogen and oxygen atoms in total. The molecule has 13 heteroatoms. The molecular formula is C25H21F3NO7PS-2. The zero-order valence-electron chi connectivity index (χ0n) is 19.6. The molecule has 1 heterocycles. The summed E-state index contributed by atoms with van der Waals surface area (Å²) in [5.41, 5.74) is 3.99. The molecule has 0 spiro atoms. The Labute approximate surface area is 218 Å². The van der Waals surface area contributed by atoms with Crippen molar-refractivity contribution in [1.82, 2.24) is 0 Å². The molecule has 4 rings (SSSR count). The number of aliphatic hydroxyl groups excluding tert-OH is 1. The van der Waals surface area contributed by atoms with Crippen LogP contribution < -0.4 is 25.7 Å². The first-order chi connectivity index (χ1) is 17.8. The number of benzene rings is 3. The van der Waals surface area contributed by atoms with Gasteiger partial charge in [0, 0.05) is 20.2 Å². The smallest absolute Gasteiger partial charge is 0.416 e. The Morgan fingerprint density at radius 3 is 2.29 bits per heavy atom. The second kappa shape index (κ2) is 10.7. The van der Waals surface area contributed by atoms with Crippen molar-refractivity contribution < 1.29 is 41.9 Å². The van der Waals surface area contributed by atoms with Crippen LogP contribution in [0.25, 0.3) is 20.2 Å². The van der Waals surface area contributed by atoms with Crippen molar-refractivity contribution in [2.45, 2.75) is 24.6 Å². The Hall–Kier alpha value is -2.83. The third-order valence-corrected chi connectivity index (χ3v) is 7.43. The molecule has 3 aromatic carbocycles. The van der Waals surface area contributed by atoms with Gasteiger partial charge in [-0.2, -0.15) is 13.2 Å². The van der Waals surface area contributed by atoms with Gasteiger partial charge in [-0.3, -0.25) is 4.79 Å². The standard InChI is InChI=1S/C25H23F3NO7PS/c26-25(27,28)16-2-1-3-17(11-16)36-18-5-7-22-20(12-18)23(31)19-10-15(4-6-21(19)38-22)8-9-24(29,13-30)14-35-37(32,33)34/h1-7,10-12,30H,8-9,13-14,29H2,(H2,32,33,34)/p-2. The van der Waals surface area contributed by atoms with E-state index >= 15 is 0 Å². The average Bonchev–Trinajstić information content (AvgIpc) is 2.86. The van der Waals surface area contributed by atoms with Crippen LogP contribution in [0, 0.1) is 0 Å². The lowest BCUT2D eigenvalue weighted by molar-refractivity contribution is -0.342. The van der Waals surface area contributed by atoms with Crippen LogP contribution in [0.3, 0.4) is 0 Å². The van der Waals surface area contributed by atoms with Crippen molar-refractivity contribution in [3.05, 3.63) is 82.0 Å². The largest absolute Gasteiger partial charge is 0.790 e. The summed E-state index contributed by atoms with van der Waals surface area (Å²) in [5, 5.41) is 10.3. The third-order valence-electron chi connectivity index (χ3n) is 5.84. The van der Waals surface area contributed by atoms with Crippen molar-refractivity contribution in [2.24, 2.45) is 5.73 Å². The second-order valence-corrected chi connectivity index (χ2v) is 11.0. The Bertz CT molecular complexity index is 1590. The number of phosphoric acid groups is 1. The number of rotatable bonds is 9. The summed E-state index contributed by atoms with van der Waals surface area (Å²) in [4.78, 5) is 34.8. The first kappa shape index (κ1) is 28.2. The molecule has 38 heavy (non-hydrogen) atoms. The Morgan fingerprint density at radius 1 is 0.974 bits per heavy atom. The van der Waals surface area contributed by atoms with Gasteiger partial charge in [0.2, 0.25) is 0 Å². The van der Waals surface area contributed by atoms with Gasteiger partial charge in [-0.1, -0.05) is 12.1 Å². The van der Waals surface area contributed by atoms with Crippen molar-refractivity contribution in [3.63, 3.8) is 0 Å². The number of hydrogen-bond acceptors (Lipinski definition) is 9. The van der Waals surface area contributed by atoms with E-state index in [1.54, 1.807) is 30.3 Å². The number of aryl methyl sites for hydroxylation is 1. The van der Waals surface area contributed by atoms with Crippen LogP contribution in [-0.2, 0) is 21.7 Å². The zero-order valence-corrected chi connectivity index (χ0v) is 21.3. The zero-order chi connectivity index (χ0) is 27.7. The molecule has 0 saturated carbocycles. The predicted octanol–water partition coefficient (Wildman–Crippen LogP) is 3.69. The molecule has 0 bridgehead atoms. The molecule has 0 saturated heterocycles. The quantitative estimate of drug-likeness (QED) is 0.230. The number of phosphoric ester groups is 1. The highest BCUT2D eigenvalue weighted by molar-refractivity contribution is 7.43.